The van der Waals surface area contributed by atoms with Crippen molar-refractivity contribution in [2.75, 3.05) is 39.1 Å². The molecular weight excluding hydrogens is 424 g/mol. The summed E-state index contributed by atoms with van der Waals surface area (Å²) in [6.45, 7) is 5.99. The van der Waals surface area contributed by atoms with Gasteiger partial charge in [-0.1, -0.05) is 42.1 Å². The first-order chi connectivity index (χ1) is 15.5. The third-order valence-electron chi connectivity index (χ3n) is 5.58. The van der Waals surface area contributed by atoms with E-state index in [4.69, 9.17) is 10.6 Å². The largest absolute Gasteiger partial charge is 0.497 e. The number of benzene rings is 2. The molecule has 32 heavy (non-hydrogen) atoms. The molecule has 4 rings (SSSR count). The van der Waals surface area contributed by atoms with Crippen molar-refractivity contribution in [1.29, 1.82) is 0 Å². The highest BCUT2D eigenvalue weighted by Gasteiger charge is 2.27. The van der Waals surface area contributed by atoms with Crippen molar-refractivity contribution in [3.05, 3.63) is 60.2 Å². The molecule has 0 spiro atoms. The van der Waals surface area contributed by atoms with E-state index in [1.54, 1.807) is 7.11 Å². The second-order valence-corrected chi connectivity index (χ2v) is 9.06. The van der Waals surface area contributed by atoms with Crippen LogP contribution in [0.15, 0.2) is 59.8 Å². The van der Waals surface area contributed by atoms with Crippen LogP contribution in [-0.4, -0.2) is 69.1 Å². The van der Waals surface area contributed by atoms with Gasteiger partial charge in [-0.15, -0.1) is 10.2 Å². The summed E-state index contributed by atoms with van der Waals surface area (Å²) in [5.74, 6) is 7.64. The van der Waals surface area contributed by atoms with E-state index in [0.29, 0.717) is 11.0 Å². The summed E-state index contributed by atoms with van der Waals surface area (Å²) in [6.07, 6.45) is 0. The Bertz CT molecular complexity index is 1030. The second-order valence-electron chi connectivity index (χ2n) is 7.75. The van der Waals surface area contributed by atoms with E-state index in [1.807, 2.05) is 42.2 Å². The average molecular weight is 453 g/mol. The monoisotopic (exact) mass is 452 g/mol. The van der Waals surface area contributed by atoms with Crippen LogP contribution in [0, 0.1) is 0 Å². The Morgan fingerprint density at radius 2 is 1.75 bits per heavy atom. The summed E-state index contributed by atoms with van der Waals surface area (Å²) in [5, 5.41) is 8.63. The molecule has 2 N–H and O–H groups in total. The lowest BCUT2D eigenvalue weighted by molar-refractivity contribution is -0.132. The Hall–Kier alpha value is -3.04. The van der Waals surface area contributed by atoms with Gasteiger partial charge in [-0.2, -0.15) is 0 Å². The van der Waals surface area contributed by atoms with Gasteiger partial charge in [0.05, 0.1) is 12.4 Å². The highest BCUT2D eigenvalue weighted by molar-refractivity contribution is 8.00. The summed E-state index contributed by atoms with van der Waals surface area (Å²) in [7, 11) is 1.62. The van der Waals surface area contributed by atoms with Gasteiger partial charge in [0.15, 0.2) is 5.82 Å². The fourth-order valence-electron chi connectivity index (χ4n) is 3.73. The van der Waals surface area contributed by atoms with E-state index in [1.165, 1.54) is 22.0 Å². The van der Waals surface area contributed by atoms with Crippen molar-refractivity contribution in [3.8, 4) is 17.1 Å². The fourth-order valence-corrected chi connectivity index (χ4v) is 4.58. The maximum atomic E-state index is 13.0. The van der Waals surface area contributed by atoms with Crippen molar-refractivity contribution < 1.29 is 9.53 Å². The zero-order valence-electron chi connectivity index (χ0n) is 18.3. The Labute approximate surface area is 192 Å². The molecule has 3 aromatic rings. The van der Waals surface area contributed by atoms with E-state index in [0.717, 1.165) is 44.0 Å². The van der Waals surface area contributed by atoms with Crippen LogP contribution in [0.25, 0.3) is 11.4 Å². The van der Waals surface area contributed by atoms with Crippen molar-refractivity contribution >= 4 is 17.7 Å². The molecule has 0 bridgehead atoms. The molecule has 1 saturated heterocycles. The topological polar surface area (TPSA) is 89.5 Å². The number of amides is 1. The molecule has 0 radical (unpaired) electrons. The summed E-state index contributed by atoms with van der Waals surface area (Å²) in [4.78, 5) is 17.3. The smallest absolute Gasteiger partial charge is 0.235 e. The molecule has 0 aliphatic carbocycles. The highest BCUT2D eigenvalue weighted by Crippen LogP contribution is 2.27. The lowest BCUT2D eigenvalue weighted by atomic mass is 10.2. The minimum Gasteiger partial charge on any atom is -0.497 e. The molecule has 1 aliphatic heterocycles. The number of piperazine rings is 1. The summed E-state index contributed by atoms with van der Waals surface area (Å²) < 4.78 is 6.63. The van der Waals surface area contributed by atoms with Crippen molar-refractivity contribution in [3.63, 3.8) is 0 Å². The Morgan fingerprint density at radius 3 is 2.41 bits per heavy atom. The number of nitrogens with zero attached hydrogens (tertiary/aromatic N) is 5. The standard InChI is InChI=1S/C23H28N6O2S/c1-17(22(30)28-14-12-27(13-15-28)16-18-6-4-3-5-7-18)32-23-26-25-21(29(23)24)19-8-10-20(31-2)11-9-19/h3-11,17H,12-16,24H2,1-2H3. The Kier molecular flexibility index (Phi) is 6.96. The van der Waals surface area contributed by atoms with E-state index in [9.17, 15) is 4.79 Å². The first kappa shape index (κ1) is 22.2. The number of nitrogen functional groups attached to an aromatic ring is 1. The number of carbonyl (C=O) groups is 1. The molecule has 1 aromatic heterocycles. The number of hydrogen-bond donors (Lipinski definition) is 1. The number of nitrogens with two attached hydrogens (primary N) is 1. The molecule has 0 saturated carbocycles. The molecule has 9 heteroatoms. The molecule has 1 aliphatic rings. The van der Waals surface area contributed by atoms with Gasteiger partial charge in [0.2, 0.25) is 11.1 Å². The third kappa shape index (κ3) is 5.05. The number of aromatic nitrogens is 3. The third-order valence-corrected chi connectivity index (χ3v) is 6.62. The van der Waals surface area contributed by atoms with Crippen LogP contribution >= 0.6 is 11.8 Å². The van der Waals surface area contributed by atoms with Gasteiger partial charge >= 0.3 is 0 Å². The average Bonchev–Trinajstić information content (AvgIpc) is 3.19. The first-order valence-electron chi connectivity index (χ1n) is 10.6. The predicted molar refractivity (Wildman–Crippen MR) is 126 cm³/mol. The summed E-state index contributed by atoms with van der Waals surface area (Å²) >= 11 is 1.33. The van der Waals surface area contributed by atoms with Gasteiger partial charge in [-0.05, 0) is 36.8 Å². The lowest BCUT2D eigenvalue weighted by Crippen LogP contribution is -2.50. The quantitative estimate of drug-likeness (QED) is 0.435. The van der Waals surface area contributed by atoms with Gasteiger partial charge in [0, 0.05) is 38.3 Å². The number of methoxy groups -OCH3 is 1. The van der Waals surface area contributed by atoms with Crippen LogP contribution in [-0.2, 0) is 11.3 Å². The van der Waals surface area contributed by atoms with Crippen LogP contribution in [0.2, 0.25) is 0 Å². The van der Waals surface area contributed by atoms with Gasteiger partial charge in [-0.3, -0.25) is 9.69 Å². The Morgan fingerprint density at radius 1 is 1.06 bits per heavy atom. The van der Waals surface area contributed by atoms with Gasteiger partial charge < -0.3 is 15.5 Å². The van der Waals surface area contributed by atoms with E-state index in [-0.39, 0.29) is 11.2 Å². The molecule has 1 amide bonds. The lowest BCUT2D eigenvalue weighted by Gasteiger charge is -2.35. The van der Waals surface area contributed by atoms with Gasteiger partial charge in [0.1, 0.15) is 5.75 Å². The molecule has 168 valence electrons. The molecule has 2 aromatic carbocycles. The zero-order valence-corrected chi connectivity index (χ0v) is 19.2. The number of ether oxygens (including phenoxy) is 1. The van der Waals surface area contributed by atoms with E-state index < -0.39 is 0 Å². The molecule has 8 nitrogen and oxygen atoms in total. The molecule has 1 fully saturated rings. The number of carbonyl (C=O) groups excluding carboxylic acids is 1. The Balaban J connectivity index is 1.32. The van der Waals surface area contributed by atoms with Crippen LogP contribution in [0.4, 0.5) is 0 Å². The van der Waals surface area contributed by atoms with E-state index in [2.05, 4.69) is 39.4 Å². The maximum Gasteiger partial charge on any atom is 0.235 e. The van der Waals surface area contributed by atoms with Crippen molar-refractivity contribution in [1.82, 2.24) is 24.7 Å². The van der Waals surface area contributed by atoms with Gasteiger partial charge in [0.25, 0.3) is 0 Å². The minimum absolute atomic E-state index is 0.100. The molecule has 2 heterocycles. The van der Waals surface area contributed by atoms with Crippen LogP contribution in [0.1, 0.15) is 12.5 Å². The maximum absolute atomic E-state index is 13.0. The van der Waals surface area contributed by atoms with Crippen LogP contribution in [0.5, 0.6) is 5.75 Å². The summed E-state index contributed by atoms with van der Waals surface area (Å²) in [5.41, 5.74) is 2.13. The summed E-state index contributed by atoms with van der Waals surface area (Å²) in [6, 6.07) is 17.9. The SMILES string of the molecule is COc1ccc(-c2nnc(SC(C)C(=O)N3CCN(Cc4ccccc4)CC3)n2N)cc1. The van der Waals surface area contributed by atoms with Crippen molar-refractivity contribution in [2.45, 2.75) is 23.9 Å². The normalized spacial score (nSPS) is 15.5. The van der Waals surface area contributed by atoms with Gasteiger partial charge in [-0.25, -0.2) is 4.68 Å². The number of thioether (sulfide) groups is 1. The van der Waals surface area contributed by atoms with Crippen LogP contribution < -0.4 is 10.6 Å². The number of rotatable bonds is 7. The molecular formula is C23H28N6O2S. The van der Waals surface area contributed by atoms with Crippen LogP contribution in [0.3, 0.4) is 0 Å². The molecule has 1 atom stereocenters. The minimum atomic E-state index is -0.300. The van der Waals surface area contributed by atoms with E-state index >= 15 is 0 Å². The van der Waals surface area contributed by atoms with Crippen molar-refractivity contribution in [2.24, 2.45) is 0 Å². The second kappa shape index (κ2) is 10.1. The zero-order chi connectivity index (χ0) is 22.5. The fraction of sp³-hybridized carbons (Fsp3) is 0.348. The number of hydrogen-bond acceptors (Lipinski definition) is 7. The highest BCUT2D eigenvalue weighted by atomic mass is 32.2. The first-order valence-corrected chi connectivity index (χ1v) is 11.5. The predicted octanol–water partition coefficient (Wildman–Crippen LogP) is 2.49. The molecule has 1 unspecified atom stereocenters.